The van der Waals surface area contributed by atoms with Crippen molar-refractivity contribution in [3.8, 4) is 0 Å². The van der Waals surface area contributed by atoms with Crippen molar-refractivity contribution in [3.63, 3.8) is 0 Å². The van der Waals surface area contributed by atoms with Crippen LogP contribution < -0.4 is 0 Å². The zero-order valence-electron chi connectivity index (χ0n) is 10.6. The molecule has 5 heteroatoms. The van der Waals surface area contributed by atoms with E-state index in [1.807, 2.05) is 46.1 Å². The van der Waals surface area contributed by atoms with E-state index in [1.54, 1.807) is 6.20 Å². The number of carbonyl (C=O) groups is 1. The second kappa shape index (κ2) is 5.22. The van der Waals surface area contributed by atoms with E-state index in [0.717, 1.165) is 31.6 Å². The summed E-state index contributed by atoms with van der Waals surface area (Å²) in [5, 5.41) is 7.77. The minimum Gasteiger partial charge on any atom is -0.338 e. The molecule has 1 aliphatic rings. The monoisotopic (exact) mass is 256 g/mol. The quantitative estimate of drug-likeness (QED) is 0.835. The predicted octanol–water partition coefficient (Wildman–Crippen LogP) is 1.44. The lowest BCUT2D eigenvalue weighted by molar-refractivity contribution is 0.0785. The van der Waals surface area contributed by atoms with E-state index in [1.165, 1.54) is 0 Å². The van der Waals surface area contributed by atoms with Crippen molar-refractivity contribution in [1.29, 1.82) is 0 Å². The molecular weight excluding hydrogens is 240 g/mol. The maximum atomic E-state index is 12.3. The smallest absolute Gasteiger partial charge is 0.253 e. The van der Waals surface area contributed by atoms with Crippen molar-refractivity contribution in [2.75, 3.05) is 13.1 Å². The molecule has 2 aromatic rings. The average molecular weight is 256 g/mol. The second-order valence-corrected chi connectivity index (χ2v) is 4.90. The fourth-order valence-corrected chi connectivity index (χ4v) is 2.52. The Bertz CT molecular complexity index is 538. The highest BCUT2D eigenvalue weighted by Crippen LogP contribution is 2.19. The van der Waals surface area contributed by atoms with Gasteiger partial charge in [0.25, 0.3) is 5.91 Å². The summed E-state index contributed by atoms with van der Waals surface area (Å²) in [7, 11) is 0. The molecule has 1 atom stereocenters. The molecule has 0 N–H and O–H groups in total. The molecule has 1 aromatic carbocycles. The van der Waals surface area contributed by atoms with Crippen molar-refractivity contribution in [2.24, 2.45) is 5.92 Å². The first kappa shape index (κ1) is 11.9. The Morgan fingerprint density at radius 1 is 1.32 bits per heavy atom. The second-order valence-electron chi connectivity index (χ2n) is 4.90. The lowest BCUT2D eigenvalue weighted by Gasteiger charge is -2.16. The highest BCUT2D eigenvalue weighted by Gasteiger charge is 2.27. The fraction of sp³-hybridized carbons (Fsp3) is 0.357. The highest BCUT2D eigenvalue weighted by molar-refractivity contribution is 5.94. The number of amides is 1. The molecule has 0 aliphatic carbocycles. The van der Waals surface area contributed by atoms with E-state index >= 15 is 0 Å². The van der Waals surface area contributed by atoms with Gasteiger partial charge in [-0.15, -0.1) is 5.10 Å². The van der Waals surface area contributed by atoms with Crippen LogP contribution in [0.15, 0.2) is 42.7 Å². The van der Waals surface area contributed by atoms with E-state index in [4.69, 9.17) is 0 Å². The Morgan fingerprint density at radius 3 is 2.89 bits per heavy atom. The molecule has 1 aromatic heterocycles. The lowest BCUT2D eigenvalue weighted by Crippen LogP contribution is -2.29. The van der Waals surface area contributed by atoms with Gasteiger partial charge in [0.1, 0.15) is 0 Å². The van der Waals surface area contributed by atoms with Gasteiger partial charge in [0.05, 0.1) is 6.20 Å². The van der Waals surface area contributed by atoms with E-state index in [0.29, 0.717) is 5.92 Å². The van der Waals surface area contributed by atoms with Gasteiger partial charge in [-0.3, -0.25) is 9.48 Å². The summed E-state index contributed by atoms with van der Waals surface area (Å²) < 4.78 is 1.83. The Kier molecular flexibility index (Phi) is 3.27. The maximum Gasteiger partial charge on any atom is 0.253 e. The van der Waals surface area contributed by atoms with E-state index in [2.05, 4.69) is 10.3 Å². The Labute approximate surface area is 111 Å². The third-order valence-electron chi connectivity index (χ3n) is 3.51. The number of aromatic nitrogens is 3. The normalized spacial score (nSPS) is 18.7. The summed E-state index contributed by atoms with van der Waals surface area (Å²) in [6.07, 6.45) is 4.57. The molecule has 5 nitrogen and oxygen atoms in total. The largest absolute Gasteiger partial charge is 0.338 e. The molecule has 1 amide bonds. The summed E-state index contributed by atoms with van der Waals surface area (Å²) in [4.78, 5) is 14.2. The lowest BCUT2D eigenvalue weighted by atomic mass is 10.1. The molecule has 3 rings (SSSR count). The molecule has 1 fully saturated rings. The average Bonchev–Trinajstić information content (AvgIpc) is 3.11. The van der Waals surface area contributed by atoms with Gasteiger partial charge in [-0.05, 0) is 24.5 Å². The number of likely N-dealkylation sites (tertiary alicyclic amines) is 1. The third-order valence-corrected chi connectivity index (χ3v) is 3.51. The molecule has 0 spiro atoms. The van der Waals surface area contributed by atoms with Gasteiger partial charge in [-0.1, -0.05) is 23.4 Å². The topological polar surface area (TPSA) is 51.0 Å². The van der Waals surface area contributed by atoms with Gasteiger partial charge in [0.15, 0.2) is 0 Å². The van der Waals surface area contributed by atoms with E-state index in [9.17, 15) is 4.79 Å². The van der Waals surface area contributed by atoms with Crippen LogP contribution in [-0.2, 0) is 6.54 Å². The number of benzene rings is 1. The van der Waals surface area contributed by atoms with Crippen LogP contribution in [0.4, 0.5) is 0 Å². The van der Waals surface area contributed by atoms with Gasteiger partial charge in [-0.25, -0.2) is 0 Å². The van der Waals surface area contributed by atoms with Gasteiger partial charge in [0.2, 0.25) is 0 Å². The number of nitrogens with zero attached hydrogens (tertiary/aromatic N) is 4. The zero-order chi connectivity index (χ0) is 13.1. The van der Waals surface area contributed by atoms with Crippen LogP contribution in [0.2, 0.25) is 0 Å². The molecule has 0 saturated carbocycles. The number of rotatable bonds is 3. The molecule has 0 radical (unpaired) electrons. The van der Waals surface area contributed by atoms with Crippen LogP contribution in [0.5, 0.6) is 0 Å². The third kappa shape index (κ3) is 2.65. The zero-order valence-corrected chi connectivity index (χ0v) is 10.6. The van der Waals surface area contributed by atoms with Crippen molar-refractivity contribution in [1.82, 2.24) is 19.9 Å². The SMILES string of the molecule is O=C(c1ccccc1)N1CCC(Cn2ccnn2)C1. The summed E-state index contributed by atoms with van der Waals surface area (Å²) >= 11 is 0. The van der Waals surface area contributed by atoms with Gasteiger partial charge in [-0.2, -0.15) is 0 Å². The van der Waals surface area contributed by atoms with Gasteiger partial charge in [0, 0.05) is 31.4 Å². The molecule has 2 heterocycles. The summed E-state index contributed by atoms with van der Waals surface area (Å²) in [6, 6.07) is 9.46. The minimum atomic E-state index is 0.127. The van der Waals surface area contributed by atoms with Crippen LogP contribution in [0.25, 0.3) is 0 Å². The summed E-state index contributed by atoms with van der Waals surface area (Å²) in [5.41, 5.74) is 0.768. The molecule has 98 valence electrons. The summed E-state index contributed by atoms with van der Waals surface area (Å²) in [5.74, 6) is 0.594. The van der Waals surface area contributed by atoms with Crippen molar-refractivity contribution >= 4 is 5.91 Å². The van der Waals surface area contributed by atoms with Gasteiger partial charge >= 0.3 is 0 Å². The van der Waals surface area contributed by atoms with Crippen molar-refractivity contribution < 1.29 is 4.79 Å². The molecular formula is C14H16N4O. The first-order chi connectivity index (χ1) is 9.33. The number of carbonyl (C=O) groups excluding carboxylic acids is 1. The van der Waals surface area contributed by atoms with Crippen LogP contribution >= 0.6 is 0 Å². The van der Waals surface area contributed by atoms with Crippen LogP contribution in [-0.4, -0.2) is 38.9 Å². The highest BCUT2D eigenvalue weighted by atomic mass is 16.2. The molecule has 0 bridgehead atoms. The first-order valence-corrected chi connectivity index (χ1v) is 6.51. The summed E-state index contributed by atoms with van der Waals surface area (Å²) in [6.45, 7) is 2.46. The van der Waals surface area contributed by atoms with E-state index in [-0.39, 0.29) is 5.91 Å². The molecule has 1 unspecified atom stereocenters. The van der Waals surface area contributed by atoms with E-state index < -0.39 is 0 Å². The standard InChI is InChI=1S/C14H16N4O/c19-14(13-4-2-1-3-5-13)17-8-6-12(10-17)11-18-9-7-15-16-18/h1-5,7,9,12H,6,8,10-11H2. The van der Waals surface area contributed by atoms with Crippen LogP contribution in [0, 0.1) is 5.92 Å². The van der Waals surface area contributed by atoms with Crippen molar-refractivity contribution in [2.45, 2.75) is 13.0 Å². The Hall–Kier alpha value is -2.17. The Balaban J connectivity index is 1.61. The minimum absolute atomic E-state index is 0.127. The van der Waals surface area contributed by atoms with Gasteiger partial charge < -0.3 is 4.90 Å². The van der Waals surface area contributed by atoms with Crippen LogP contribution in [0.1, 0.15) is 16.8 Å². The molecule has 1 saturated heterocycles. The van der Waals surface area contributed by atoms with Crippen molar-refractivity contribution in [3.05, 3.63) is 48.3 Å². The molecule has 1 aliphatic heterocycles. The van der Waals surface area contributed by atoms with Crippen LogP contribution in [0.3, 0.4) is 0 Å². The number of hydrogen-bond acceptors (Lipinski definition) is 3. The first-order valence-electron chi connectivity index (χ1n) is 6.51. The fourth-order valence-electron chi connectivity index (χ4n) is 2.52. The molecule has 19 heavy (non-hydrogen) atoms. The predicted molar refractivity (Wildman–Crippen MR) is 70.5 cm³/mol. The number of hydrogen-bond donors (Lipinski definition) is 0. The Morgan fingerprint density at radius 2 is 2.16 bits per heavy atom. The maximum absolute atomic E-state index is 12.3.